The van der Waals surface area contributed by atoms with Gasteiger partial charge in [-0.05, 0) is 37.3 Å². The van der Waals surface area contributed by atoms with Gasteiger partial charge < -0.3 is 16.2 Å². The molecule has 0 spiro atoms. The molecule has 0 heterocycles. The first-order valence-corrected chi connectivity index (χ1v) is 7.30. The Labute approximate surface area is 124 Å². The monoisotopic (exact) mass is 322 g/mol. The minimum atomic E-state index is -4.47. The number of thioether (sulfide) groups is 1. The fourth-order valence-electron chi connectivity index (χ4n) is 1.49. The lowest BCUT2D eigenvalue weighted by Crippen LogP contribution is -2.23. The molecule has 1 amide bonds. The van der Waals surface area contributed by atoms with E-state index in [1.807, 2.05) is 0 Å². The quantitative estimate of drug-likeness (QED) is 0.556. The van der Waals surface area contributed by atoms with Crippen LogP contribution in [0.4, 0.5) is 24.5 Å². The number of alkyl halides is 3. The lowest BCUT2D eigenvalue weighted by atomic mass is 10.1. The van der Waals surface area contributed by atoms with Crippen LogP contribution in [0.3, 0.4) is 0 Å². The summed E-state index contributed by atoms with van der Waals surface area (Å²) in [7, 11) is 0. The zero-order valence-corrected chi connectivity index (χ0v) is 12.2. The number of halogens is 3. The molecule has 0 saturated heterocycles. The van der Waals surface area contributed by atoms with Crippen molar-refractivity contribution in [3.8, 4) is 0 Å². The minimum absolute atomic E-state index is 0.0488. The smallest absolute Gasteiger partial charge is 0.397 e. The number of aliphatic hydroxyl groups is 1. The van der Waals surface area contributed by atoms with E-state index < -0.39 is 17.0 Å². The summed E-state index contributed by atoms with van der Waals surface area (Å²) >= 11 is 1.35. The number of benzene rings is 1. The molecule has 1 aromatic rings. The van der Waals surface area contributed by atoms with E-state index in [-0.39, 0.29) is 23.9 Å². The van der Waals surface area contributed by atoms with Gasteiger partial charge in [0.2, 0.25) is 5.91 Å². The Morgan fingerprint density at radius 2 is 2.14 bits per heavy atom. The van der Waals surface area contributed by atoms with Crippen LogP contribution in [0.25, 0.3) is 0 Å². The highest BCUT2D eigenvalue weighted by atomic mass is 32.2. The van der Waals surface area contributed by atoms with E-state index in [0.29, 0.717) is 12.2 Å². The van der Waals surface area contributed by atoms with Crippen LogP contribution in [-0.2, 0) is 11.0 Å². The van der Waals surface area contributed by atoms with Crippen molar-refractivity contribution in [3.05, 3.63) is 23.8 Å². The van der Waals surface area contributed by atoms with Gasteiger partial charge in [0, 0.05) is 6.61 Å². The Balaban J connectivity index is 2.68. The van der Waals surface area contributed by atoms with Crippen molar-refractivity contribution in [1.82, 2.24) is 0 Å². The van der Waals surface area contributed by atoms with Crippen molar-refractivity contribution in [1.29, 1.82) is 0 Å². The molecule has 0 saturated carbocycles. The number of amides is 1. The van der Waals surface area contributed by atoms with Gasteiger partial charge in [0.05, 0.1) is 22.2 Å². The molecular formula is C13H17F3N2O2S. The molecule has 0 fully saturated rings. The minimum Gasteiger partial charge on any atom is -0.397 e. The van der Waals surface area contributed by atoms with Gasteiger partial charge in [-0.1, -0.05) is 0 Å². The molecule has 1 rings (SSSR count). The average Bonchev–Trinajstić information content (AvgIpc) is 2.39. The molecule has 0 aliphatic carbocycles. The van der Waals surface area contributed by atoms with Gasteiger partial charge in [-0.3, -0.25) is 4.79 Å². The first kappa shape index (κ1) is 17.6. The first-order valence-electron chi connectivity index (χ1n) is 6.25. The number of rotatable bonds is 6. The van der Waals surface area contributed by atoms with Crippen LogP contribution in [0.1, 0.15) is 18.9 Å². The van der Waals surface area contributed by atoms with Crippen molar-refractivity contribution in [2.45, 2.75) is 24.8 Å². The van der Waals surface area contributed by atoms with Crippen LogP contribution in [0.5, 0.6) is 0 Å². The maximum atomic E-state index is 12.5. The van der Waals surface area contributed by atoms with E-state index in [0.717, 1.165) is 18.2 Å². The molecular weight excluding hydrogens is 305 g/mol. The van der Waals surface area contributed by atoms with Crippen molar-refractivity contribution >= 4 is 29.0 Å². The second-order valence-corrected chi connectivity index (χ2v) is 5.83. The molecule has 1 atom stereocenters. The number of carbonyl (C=O) groups excluding carboxylic acids is 1. The summed E-state index contributed by atoms with van der Waals surface area (Å²) in [6, 6.07) is 2.80. The van der Waals surface area contributed by atoms with Gasteiger partial charge in [-0.2, -0.15) is 13.2 Å². The van der Waals surface area contributed by atoms with Crippen molar-refractivity contribution < 1.29 is 23.1 Å². The van der Waals surface area contributed by atoms with E-state index >= 15 is 0 Å². The van der Waals surface area contributed by atoms with Crippen molar-refractivity contribution in [2.24, 2.45) is 0 Å². The molecule has 0 aliphatic rings. The zero-order valence-electron chi connectivity index (χ0n) is 11.4. The van der Waals surface area contributed by atoms with Crippen LogP contribution < -0.4 is 11.1 Å². The molecule has 0 aliphatic heterocycles. The molecule has 1 unspecified atom stereocenters. The molecule has 0 aromatic heterocycles. The highest BCUT2D eigenvalue weighted by Crippen LogP contribution is 2.33. The summed E-state index contributed by atoms with van der Waals surface area (Å²) < 4.78 is 37.5. The van der Waals surface area contributed by atoms with E-state index in [2.05, 4.69) is 5.32 Å². The third kappa shape index (κ3) is 5.47. The third-order valence-corrected chi connectivity index (χ3v) is 3.91. The molecule has 4 N–H and O–H groups in total. The number of anilines is 2. The number of hydrogen-bond acceptors (Lipinski definition) is 4. The predicted molar refractivity (Wildman–Crippen MR) is 78.1 cm³/mol. The number of nitrogens with two attached hydrogens (primary N) is 1. The van der Waals surface area contributed by atoms with Crippen molar-refractivity contribution in [2.75, 3.05) is 23.4 Å². The fourth-order valence-corrected chi connectivity index (χ4v) is 2.35. The highest BCUT2D eigenvalue weighted by molar-refractivity contribution is 8.00. The summed E-state index contributed by atoms with van der Waals surface area (Å²) in [5.74, 6) is 0.275. The lowest BCUT2D eigenvalue weighted by molar-refractivity contribution is -0.137. The standard InChI is InChI=1S/C13H17F3N2O2S/c1-8(21-6-2-5-19)12(20)18-11-4-3-9(7-10(11)17)13(14,15)16/h3-4,7-8,19H,2,5-6,17H2,1H3,(H,18,20). The van der Waals surface area contributed by atoms with Gasteiger partial charge in [0.25, 0.3) is 0 Å². The summed E-state index contributed by atoms with van der Waals surface area (Å²) in [5.41, 5.74) is 4.70. The van der Waals surface area contributed by atoms with Crippen LogP contribution in [0.2, 0.25) is 0 Å². The topological polar surface area (TPSA) is 75.3 Å². The van der Waals surface area contributed by atoms with Crippen molar-refractivity contribution in [3.63, 3.8) is 0 Å². The summed E-state index contributed by atoms with van der Waals surface area (Å²) in [4.78, 5) is 11.9. The molecule has 21 heavy (non-hydrogen) atoms. The van der Waals surface area contributed by atoms with Crippen LogP contribution in [0, 0.1) is 0 Å². The largest absolute Gasteiger partial charge is 0.416 e. The normalized spacial score (nSPS) is 13.0. The Bertz CT molecular complexity index is 495. The molecule has 0 radical (unpaired) electrons. The van der Waals surface area contributed by atoms with Crippen LogP contribution >= 0.6 is 11.8 Å². The SMILES string of the molecule is CC(SCCCO)C(=O)Nc1ccc(C(F)(F)F)cc1N. The second-order valence-electron chi connectivity index (χ2n) is 4.38. The maximum Gasteiger partial charge on any atom is 0.416 e. The number of hydrogen-bond donors (Lipinski definition) is 3. The van der Waals surface area contributed by atoms with Gasteiger partial charge in [-0.25, -0.2) is 0 Å². The number of carbonyl (C=O) groups is 1. The molecule has 4 nitrogen and oxygen atoms in total. The van der Waals surface area contributed by atoms with Crippen LogP contribution in [-0.4, -0.2) is 28.6 Å². The van der Waals surface area contributed by atoms with Gasteiger partial charge >= 0.3 is 6.18 Å². The molecule has 1 aromatic carbocycles. The highest BCUT2D eigenvalue weighted by Gasteiger charge is 2.31. The Morgan fingerprint density at radius 3 is 2.67 bits per heavy atom. The van der Waals surface area contributed by atoms with E-state index in [1.54, 1.807) is 6.92 Å². The second kappa shape index (κ2) is 7.56. The molecule has 0 bridgehead atoms. The van der Waals surface area contributed by atoms with Gasteiger partial charge in [-0.15, -0.1) is 11.8 Å². The maximum absolute atomic E-state index is 12.5. The summed E-state index contributed by atoms with van der Waals surface area (Å²) in [6.07, 6.45) is -3.89. The first-order chi connectivity index (χ1) is 9.75. The number of nitrogen functional groups attached to an aromatic ring is 1. The number of nitrogens with one attached hydrogen (secondary N) is 1. The summed E-state index contributed by atoms with van der Waals surface area (Å²) in [5, 5.41) is 10.8. The lowest BCUT2D eigenvalue weighted by Gasteiger charge is -2.14. The fraction of sp³-hybridized carbons (Fsp3) is 0.462. The Kier molecular flexibility index (Phi) is 6.35. The van der Waals surface area contributed by atoms with Gasteiger partial charge in [0.1, 0.15) is 0 Å². The zero-order chi connectivity index (χ0) is 16.0. The predicted octanol–water partition coefficient (Wildman–Crippen LogP) is 2.73. The van der Waals surface area contributed by atoms with E-state index in [9.17, 15) is 18.0 Å². The molecule has 8 heteroatoms. The van der Waals surface area contributed by atoms with E-state index in [1.165, 1.54) is 11.8 Å². The molecule has 118 valence electrons. The van der Waals surface area contributed by atoms with Gasteiger partial charge in [0.15, 0.2) is 0 Å². The number of aliphatic hydroxyl groups excluding tert-OH is 1. The Hall–Kier alpha value is -1.41. The third-order valence-electron chi connectivity index (χ3n) is 2.68. The average molecular weight is 322 g/mol. The Morgan fingerprint density at radius 1 is 1.48 bits per heavy atom. The van der Waals surface area contributed by atoms with E-state index in [4.69, 9.17) is 10.8 Å². The summed E-state index contributed by atoms with van der Waals surface area (Å²) in [6.45, 7) is 1.73. The van der Waals surface area contributed by atoms with Crippen LogP contribution in [0.15, 0.2) is 18.2 Å².